The average Bonchev–Trinajstić information content (AvgIpc) is 3.12. The molecule has 0 saturated carbocycles. The van der Waals surface area contributed by atoms with Crippen molar-refractivity contribution in [3.63, 3.8) is 0 Å². The van der Waals surface area contributed by atoms with E-state index in [0.29, 0.717) is 29.4 Å². The molecule has 1 amide bonds. The van der Waals surface area contributed by atoms with E-state index in [0.717, 1.165) is 11.1 Å². The van der Waals surface area contributed by atoms with Crippen LogP contribution < -0.4 is 5.32 Å². The second-order valence-corrected chi connectivity index (χ2v) is 5.60. The average molecular weight is 351 g/mol. The van der Waals surface area contributed by atoms with Crippen molar-refractivity contribution in [2.75, 3.05) is 7.11 Å². The Labute approximate surface area is 150 Å². The van der Waals surface area contributed by atoms with E-state index in [4.69, 9.17) is 4.52 Å². The summed E-state index contributed by atoms with van der Waals surface area (Å²) in [5.41, 5.74) is 2.62. The van der Waals surface area contributed by atoms with Crippen LogP contribution in [-0.2, 0) is 11.3 Å². The fourth-order valence-corrected chi connectivity index (χ4v) is 2.34. The van der Waals surface area contributed by atoms with Gasteiger partial charge in [-0.1, -0.05) is 17.3 Å². The number of aromatic nitrogens is 2. The Balaban J connectivity index is 1.60. The van der Waals surface area contributed by atoms with E-state index in [9.17, 15) is 9.59 Å². The first-order chi connectivity index (χ1) is 12.6. The van der Waals surface area contributed by atoms with Crippen LogP contribution in [0.3, 0.4) is 0 Å². The first-order valence-electron chi connectivity index (χ1n) is 7.93. The van der Waals surface area contributed by atoms with Crippen molar-refractivity contribution in [1.29, 1.82) is 0 Å². The Hall–Kier alpha value is -3.48. The molecular weight excluding hydrogens is 334 g/mol. The van der Waals surface area contributed by atoms with Crippen LogP contribution in [0.1, 0.15) is 32.1 Å². The molecule has 3 aromatic rings. The van der Waals surface area contributed by atoms with Gasteiger partial charge in [0.1, 0.15) is 0 Å². The van der Waals surface area contributed by atoms with Gasteiger partial charge in [-0.05, 0) is 48.9 Å². The number of rotatable bonds is 5. The lowest BCUT2D eigenvalue weighted by atomic mass is 10.1. The second kappa shape index (κ2) is 7.60. The number of esters is 1. The topological polar surface area (TPSA) is 94.3 Å². The first kappa shape index (κ1) is 17.3. The molecule has 0 bridgehead atoms. The number of carbonyl (C=O) groups excluding carboxylic acids is 2. The van der Waals surface area contributed by atoms with Gasteiger partial charge in [-0.3, -0.25) is 4.79 Å². The molecule has 1 heterocycles. The lowest BCUT2D eigenvalue weighted by Crippen LogP contribution is -2.22. The molecule has 2 aromatic carbocycles. The number of hydrogen-bond donors (Lipinski definition) is 1. The fraction of sp³-hybridized carbons (Fsp3) is 0.158. The molecule has 0 unspecified atom stereocenters. The highest BCUT2D eigenvalue weighted by atomic mass is 16.5. The van der Waals surface area contributed by atoms with Crippen LogP contribution >= 0.6 is 0 Å². The van der Waals surface area contributed by atoms with Gasteiger partial charge in [0.25, 0.3) is 11.8 Å². The van der Waals surface area contributed by atoms with Crippen molar-refractivity contribution in [3.8, 4) is 11.5 Å². The summed E-state index contributed by atoms with van der Waals surface area (Å²) in [6.07, 6.45) is 0. The molecule has 26 heavy (non-hydrogen) atoms. The number of aryl methyl sites for hydroxylation is 1. The van der Waals surface area contributed by atoms with Crippen LogP contribution in [0.25, 0.3) is 11.5 Å². The van der Waals surface area contributed by atoms with Crippen LogP contribution in [0.2, 0.25) is 0 Å². The summed E-state index contributed by atoms with van der Waals surface area (Å²) in [6.45, 7) is 2.09. The summed E-state index contributed by atoms with van der Waals surface area (Å²) in [7, 11) is 1.33. The number of hydrogen-bond acceptors (Lipinski definition) is 6. The molecule has 0 aliphatic heterocycles. The summed E-state index contributed by atoms with van der Waals surface area (Å²) in [5, 5.41) is 6.58. The molecular formula is C19H17N3O4. The van der Waals surface area contributed by atoms with Gasteiger partial charge in [-0.15, -0.1) is 0 Å². The van der Waals surface area contributed by atoms with Gasteiger partial charge in [0.05, 0.1) is 12.7 Å². The third kappa shape index (κ3) is 3.94. The number of benzene rings is 2. The Bertz CT molecular complexity index is 915. The van der Waals surface area contributed by atoms with E-state index in [1.54, 1.807) is 55.5 Å². The molecule has 0 saturated heterocycles. The van der Waals surface area contributed by atoms with E-state index in [1.165, 1.54) is 7.11 Å². The van der Waals surface area contributed by atoms with Crippen molar-refractivity contribution >= 4 is 11.9 Å². The summed E-state index contributed by atoms with van der Waals surface area (Å²) in [4.78, 5) is 27.8. The Morgan fingerprint density at radius 3 is 2.27 bits per heavy atom. The van der Waals surface area contributed by atoms with Crippen LogP contribution in [0.4, 0.5) is 0 Å². The summed E-state index contributed by atoms with van der Waals surface area (Å²) < 4.78 is 9.75. The number of nitrogens with zero attached hydrogens (tertiary/aromatic N) is 2. The predicted octanol–water partition coefficient (Wildman–Crippen LogP) is 2.76. The molecule has 0 spiro atoms. The largest absolute Gasteiger partial charge is 0.465 e. The molecule has 7 heteroatoms. The number of carbonyl (C=O) groups is 2. The molecule has 3 rings (SSSR count). The predicted molar refractivity (Wildman–Crippen MR) is 93.4 cm³/mol. The minimum absolute atomic E-state index is 0.199. The molecule has 1 N–H and O–H groups in total. The Morgan fingerprint density at radius 1 is 1.04 bits per heavy atom. The van der Waals surface area contributed by atoms with Gasteiger partial charge in [0.2, 0.25) is 0 Å². The molecule has 0 aliphatic carbocycles. The monoisotopic (exact) mass is 351 g/mol. The molecule has 0 aliphatic rings. The Kier molecular flexibility index (Phi) is 5.07. The number of nitrogens with one attached hydrogen (secondary N) is 1. The van der Waals surface area contributed by atoms with E-state index < -0.39 is 5.97 Å². The van der Waals surface area contributed by atoms with Gasteiger partial charge in [0.15, 0.2) is 5.82 Å². The number of ether oxygens (including phenoxy) is 1. The number of methoxy groups -OCH3 is 1. The lowest BCUT2D eigenvalue weighted by molar-refractivity contribution is 0.0600. The molecule has 1 aromatic heterocycles. The van der Waals surface area contributed by atoms with Crippen molar-refractivity contribution in [1.82, 2.24) is 15.5 Å². The van der Waals surface area contributed by atoms with Crippen molar-refractivity contribution in [2.45, 2.75) is 13.5 Å². The van der Waals surface area contributed by atoms with E-state index in [2.05, 4.69) is 20.2 Å². The molecule has 0 radical (unpaired) electrons. The molecule has 7 nitrogen and oxygen atoms in total. The van der Waals surface area contributed by atoms with Crippen LogP contribution in [0.15, 0.2) is 53.1 Å². The minimum atomic E-state index is -0.392. The standard InChI is InChI=1S/C19H17N3O4/c1-12-21-18(26-22-12)15-9-7-14(8-10-15)17(23)20-11-13-3-5-16(6-4-13)19(24)25-2/h3-10H,11H2,1-2H3,(H,20,23). The van der Waals surface area contributed by atoms with Crippen LogP contribution in [-0.4, -0.2) is 29.1 Å². The van der Waals surface area contributed by atoms with Gasteiger partial charge in [0, 0.05) is 17.7 Å². The van der Waals surface area contributed by atoms with Crippen molar-refractivity contribution < 1.29 is 18.8 Å². The zero-order chi connectivity index (χ0) is 18.5. The van der Waals surface area contributed by atoms with E-state index in [1.807, 2.05) is 0 Å². The zero-order valence-corrected chi connectivity index (χ0v) is 14.4. The van der Waals surface area contributed by atoms with Crippen LogP contribution in [0.5, 0.6) is 0 Å². The van der Waals surface area contributed by atoms with Crippen LogP contribution in [0, 0.1) is 6.92 Å². The summed E-state index contributed by atoms with van der Waals surface area (Å²) in [6, 6.07) is 13.8. The maximum atomic E-state index is 12.3. The highest BCUT2D eigenvalue weighted by Gasteiger charge is 2.10. The first-order valence-corrected chi connectivity index (χ1v) is 7.93. The third-order valence-electron chi connectivity index (χ3n) is 3.75. The van der Waals surface area contributed by atoms with Crippen molar-refractivity contribution in [2.24, 2.45) is 0 Å². The highest BCUT2D eigenvalue weighted by Crippen LogP contribution is 2.17. The van der Waals surface area contributed by atoms with E-state index >= 15 is 0 Å². The van der Waals surface area contributed by atoms with Gasteiger partial charge in [-0.25, -0.2) is 4.79 Å². The maximum absolute atomic E-state index is 12.3. The van der Waals surface area contributed by atoms with E-state index in [-0.39, 0.29) is 5.91 Å². The number of amides is 1. The normalized spacial score (nSPS) is 10.4. The molecule has 0 fully saturated rings. The van der Waals surface area contributed by atoms with Gasteiger partial charge < -0.3 is 14.6 Å². The third-order valence-corrected chi connectivity index (χ3v) is 3.75. The SMILES string of the molecule is COC(=O)c1ccc(CNC(=O)c2ccc(-c3nc(C)no3)cc2)cc1. The molecule has 0 atom stereocenters. The zero-order valence-electron chi connectivity index (χ0n) is 14.4. The summed E-state index contributed by atoms with van der Waals surface area (Å²) >= 11 is 0. The maximum Gasteiger partial charge on any atom is 0.337 e. The summed E-state index contributed by atoms with van der Waals surface area (Å²) in [5.74, 6) is 0.382. The lowest BCUT2D eigenvalue weighted by Gasteiger charge is -2.06. The minimum Gasteiger partial charge on any atom is -0.465 e. The van der Waals surface area contributed by atoms with Gasteiger partial charge >= 0.3 is 5.97 Å². The molecule has 132 valence electrons. The highest BCUT2D eigenvalue weighted by molar-refractivity contribution is 5.94. The van der Waals surface area contributed by atoms with Crippen molar-refractivity contribution in [3.05, 3.63) is 71.0 Å². The smallest absolute Gasteiger partial charge is 0.337 e. The van der Waals surface area contributed by atoms with Gasteiger partial charge in [-0.2, -0.15) is 4.98 Å². The fourth-order valence-electron chi connectivity index (χ4n) is 2.34. The Morgan fingerprint density at radius 2 is 1.69 bits per heavy atom. The second-order valence-electron chi connectivity index (χ2n) is 5.60. The quantitative estimate of drug-likeness (QED) is 0.710.